The van der Waals surface area contributed by atoms with Gasteiger partial charge in [-0.15, -0.1) is 0 Å². The average molecular weight is 565 g/mol. The molecule has 3 aromatic carbocycles. The molecule has 0 saturated heterocycles. The van der Waals surface area contributed by atoms with E-state index in [1.54, 1.807) is 16.8 Å². The zero-order chi connectivity index (χ0) is 27.5. The fourth-order valence-corrected chi connectivity index (χ4v) is 4.71. The van der Waals surface area contributed by atoms with Crippen molar-refractivity contribution < 1.29 is 14.3 Å². The van der Waals surface area contributed by atoms with Gasteiger partial charge in [-0.05, 0) is 78.2 Å². The number of para-hydroxylation sites is 1. The third kappa shape index (κ3) is 5.55. The predicted octanol–water partition coefficient (Wildman–Crippen LogP) is 6.19. The number of halogens is 2. The number of rotatable bonds is 8. The van der Waals surface area contributed by atoms with Crippen LogP contribution in [0.25, 0.3) is 0 Å². The van der Waals surface area contributed by atoms with Gasteiger partial charge in [-0.1, -0.05) is 58.6 Å². The molecule has 39 heavy (non-hydrogen) atoms. The number of amides is 1. The summed E-state index contributed by atoms with van der Waals surface area (Å²) >= 11 is 12.2. The highest BCUT2D eigenvalue weighted by atomic mass is 35.5. The Morgan fingerprint density at radius 1 is 1.03 bits per heavy atom. The van der Waals surface area contributed by atoms with Crippen LogP contribution in [0.4, 0.5) is 11.6 Å². The molecule has 0 saturated carbocycles. The first-order chi connectivity index (χ1) is 18.9. The van der Waals surface area contributed by atoms with E-state index in [1.165, 1.54) is 0 Å². The lowest BCUT2D eigenvalue weighted by atomic mass is 9.94. The van der Waals surface area contributed by atoms with E-state index in [2.05, 4.69) is 26.2 Å². The van der Waals surface area contributed by atoms with E-state index < -0.39 is 6.04 Å². The van der Waals surface area contributed by atoms with Crippen molar-refractivity contribution in [3.05, 3.63) is 98.7 Å². The van der Waals surface area contributed by atoms with E-state index in [0.717, 1.165) is 22.4 Å². The number of aryl methyl sites for hydroxylation is 1. The Hall–Kier alpha value is -4.08. The topological polar surface area (TPSA) is 103 Å². The van der Waals surface area contributed by atoms with Crippen molar-refractivity contribution in [3.8, 4) is 11.5 Å². The molecule has 9 nitrogen and oxygen atoms in total. The minimum atomic E-state index is -0.608. The van der Waals surface area contributed by atoms with E-state index in [4.69, 9.17) is 32.7 Å². The molecule has 1 aromatic heterocycles. The molecule has 1 aliphatic rings. The van der Waals surface area contributed by atoms with Crippen LogP contribution < -0.4 is 20.1 Å². The lowest BCUT2D eigenvalue weighted by Crippen LogP contribution is -2.31. The number of hydrogen-bond acceptors (Lipinski definition) is 7. The smallest absolute Gasteiger partial charge is 0.255 e. The van der Waals surface area contributed by atoms with Gasteiger partial charge in [0.2, 0.25) is 5.95 Å². The molecule has 200 valence electrons. The van der Waals surface area contributed by atoms with Crippen LogP contribution in [-0.2, 0) is 11.4 Å². The van der Waals surface area contributed by atoms with Crippen LogP contribution in [0.1, 0.15) is 36.6 Å². The molecular weight excluding hydrogens is 539 g/mol. The number of aromatic nitrogens is 4. The number of anilines is 2. The number of nitrogens with one attached hydrogen (secondary N) is 2. The van der Waals surface area contributed by atoms with E-state index in [9.17, 15) is 4.79 Å². The Bertz CT molecular complexity index is 1570. The van der Waals surface area contributed by atoms with Crippen LogP contribution in [0.3, 0.4) is 0 Å². The van der Waals surface area contributed by atoms with Gasteiger partial charge in [0.15, 0.2) is 11.5 Å². The van der Waals surface area contributed by atoms with Gasteiger partial charge in [-0.25, -0.2) is 0 Å². The summed E-state index contributed by atoms with van der Waals surface area (Å²) in [7, 11) is 0. The molecule has 0 spiro atoms. The van der Waals surface area contributed by atoms with Crippen LogP contribution >= 0.6 is 23.2 Å². The van der Waals surface area contributed by atoms with Gasteiger partial charge in [0.1, 0.15) is 12.6 Å². The summed E-state index contributed by atoms with van der Waals surface area (Å²) in [5, 5.41) is 19.2. The first-order valence-electron chi connectivity index (χ1n) is 12.3. The fourth-order valence-electron chi connectivity index (χ4n) is 4.39. The Morgan fingerprint density at radius 2 is 1.85 bits per heavy atom. The summed E-state index contributed by atoms with van der Waals surface area (Å²) in [6.07, 6.45) is 0. The predicted molar refractivity (Wildman–Crippen MR) is 150 cm³/mol. The second-order valence-electron chi connectivity index (χ2n) is 8.96. The van der Waals surface area contributed by atoms with E-state index in [-0.39, 0.29) is 12.5 Å². The number of fused-ring (bicyclic) bond motifs is 1. The molecule has 11 heteroatoms. The summed E-state index contributed by atoms with van der Waals surface area (Å²) in [6, 6.07) is 17.9. The Labute approximate surface area is 235 Å². The SMILES string of the molecule is CCOc1cc(C2C(C(=O)Nc3ccccc3C)=C(C)Nc3nnnn32)ccc1OCc1ccc(Cl)c(Cl)c1. The number of tetrazole rings is 1. The van der Waals surface area contributed by atoms with Gasteiger partial charge < -0.3 is 20.1 Å². The van der Waals surface area contributed by atoms with Crippen molar-refractivity contribution in [2.75, 3.05) is 17.2 Å². The van der Waals surface area contributed by atoms with Crippen molar-refractivity contribution in [3.63, 3.8) is 0 Å². The van der Waals surface area contributed by atoms with E-state index in [0.29, 0.717) is 45.4 Å². The van der Waals surface area contributed by atoms with Gasteiger partial charge in [0.25, 0.3) is 5.91 Å². The lowest BCUT2D eigenvalue weighted by molar-refractivity contribution is -0.113. The summed E-state index contributed by atoms with van der Waals surface area (Å²) < 4.78 is 13.6. The zero-order valence-corrected chi connectivity index (χ0v) is 23.0. The van der Waals surface area contributed by atoms with Crippen molar-refractivity contribution >= 4 is 40.7 Å². The molecule has 0 radical (unpaired) electrons. The number of ether oxygens (including phenoxy) is 2. The normalized spacial score (nSPS) is 14.4. The van der Waals surface area contributed by atoms with Gasteiger partial charge in [0.05, 0.1) is 22.2 Å². The second kappa shape index (κ2) is 11.3. The monoisotopic (exact) mass is 564 g/mol. The molecule has 4 aromatic rings. The maximum absolute atomic E-state index is 13.7. The molecule has 2 N–H and O–H groups in total. The Morgan fingerprint density at radius 3 is 2.62 bits per heavy atom. The van der Waals surface area contributed by atoms with Gasteiger partial charge >= 0.3 is 0 Å². The summed E-state index contributed by atoms with van der Waals surface area (Å²) in [5.74, 6) is 1.24. The van der Waals surface area contributed by atoms with Crippen LogP contribution in [0.15, 0.2) is 71.9 Å². The van der Waals surface area contributed by atoms with Crippen molar-refractivity contribution in [2.24, 2.45) is 0 Å². The van der Waals surface area contributed by atoms with Crippen LogP contribution in [0.5, 0.6) is 11.5 Å². The highest BCUT2D eigenvalue weighted by Gasteiger charge is 2.34. The maximum Gasteiger partial charge on any atom is 0.255 e. The number of carbonyl (C=O) groups excluding carboxylic acids is 1. The number of hydrogen-bond donors (Lipinski definition) is 2. The maximum atomic E-state index is 13.7. The third-order valence-electron chi connectivity index (χ3n) is 6.31. The molecule has 0 fully saturated rings. The standard InChI is InChI=1S/C28H26Cl2N6O3/c1-4-38-24-14-19(10-12-23(24)39-15-18-9-11-20(29)21(30)13-18)26-25(17(3)31-28-33-34-35-36(26)28)27(37)32-22-8-6-5-7-16(22)2/h5-14,26H,4,15H2,1-3H3,(H,32,37)(H,31,33,35). The first-order valence-corrected chi connectivity index (χ1v) is 13.1. The van der Waals surface area contributed by atoms with E-state index in [1.807, 2.05) is 69.3 Å². The lowest BCUT2D eigenvalue weighted by Gasteiger charge is -2.28. The molecule has 1 aliphatic heterocycles. The molecule has 0 aliphatic carbocycles. The summed E-state index contributed by atoms with van der Waals surface area (Å²) in [4.78, 5) is 13.7. The quantitative estimate of drug-likeness (QED) is 0.263. The molecule has 1 amide bonds. The molecule has 5 rings (SSSR count). The molecule has 0 bridgehead atoms. The summed E-state index contributed by atoms with van der Waals surface area (Å²) in [6.45, 7) is 6.35. The van der Waals surface area contributed by atoms with Crippen molar-refractivity contribution in [2.45, 2.75) is 33.4 Å². The van der Waals surface area contributed by atoms with E-state index >= 15 is 0 Å². The van der Waals surface area contributed by atoms with Gasteiger partial charge in [-0.3, -0.25) is 4.79 Å². The first kappa shape index (κ1) is 26.5. The van der Waals surface area contributed by atoms with Crippen LogP contribution in [0, 0.1) is 6.92 Å². The minimum Gasteiger partial charge on any atom is -0.490 e. The number of benzene rings is 3. The third-order valence-corrected chi connectivity index (χ3v) is 7.05. The van der Waals surface area contributed by atoms with Gasteiger partial charge in [0, 0.05) is 11.4 Å². The molecule has 1 unspecified atom stereocenters. The zero-order valence-electron chi connectivity index (χ0n) is 21.5. The number of carbonyl (C=O) groups is 1. The van der Waals surface area contributed by atoms with Gasteiger partial charge in [-0.2, -0.15) is 4.68 Å². The largest absolute Gasteiger partial charge is 0.490 e. The molecular formula is C28H26Cl2N6O3. The Balaban J connectivity index is 1.49. The van der Waals surface area contributed by atoms with Crippen molar-refractivity contribution in [1.29, 1.82) is 0 Å². The highest BCUT2D eigenvalue weighted by Crippen LogP contribution is 2.39. The second-order valence-corrected chi connectivity index (χ2v) is 9.77. The highest BCUT2D eigenvalue weighted by molar-refractivity contribution is 6.42. The molecule has 1 atom stereocenters. The number of allylic oxidation sites excluding steroid dienone is 1. The molecule has 2 heterocycles. The van der Waals surface area contributed by atoms with Crippen LogP contribution in [-0.4, -0.2) is 32.7 Å². The van der Waals surface area contributed by atoms with Crippen molar-refractivity contribution in [1.82, 2.24) is 20.2 Å². The number of nitrogens with zero attached hydrogens (tertiary/aromatic N) is 4. The average Bonchev–Trinajstić information content (AvgIpc) is 3.38. The summed E-state index contributed by atoms with van der Waals surface area (Å²) in [5.41, 5.74) is 4.42. The minimum absolute atomic E-state index is 0.265. The Kier molecular flexibility index (Phi) is 7.72. The fraction of sp³-hybridized carbons (Fsp3) is 0.214. The van der Waals surface area contributed by atoms with Crippen LogP contribution in [0.2, 0.25) is 10.0 Å².